The van der Waals surface area contributed by atoms with Gasteiger partial charge >= 0.3 is 0 Å². The Kier molecular flexibility index (Phi) is 4.91. The molecule has 0 amide bonds. The fourth-order valence-electron chi connectivity index (χ4n) is 3.12. The van der Waals surface area contributed by atoms with Gasteiger partial charge in [-0.1, -0.05) is 5.21 Å². The first kappa shape index (κ1) is 17.3. The topological polar surface area (TPSA) is 106 Å². The Balaban J connectivity index is 1.41. The van der Waals surface area contributed by atoms with Crippen molar-refractivity contribution in [2.45, 2.75) is 26.1 Å². The van der Waals surface area contributed by atoms with Gasteiger partial charge in [0.1, 0.15) is 0 Å². The summed E-state index contributed by atoms with van der Waals surface area (Å²) in [5.41, 5.74) is 3.56. The summed E-state index contributed by atoms with van der Waals surface area (Å²) in [5.74, 6) is 1.02. The number of fused-ring (bicyclic) bond motifs is 1. The molecule has 0 bridgehead atoms. The molecule has 1 aliphatic rings. The van der Waals surface area contributed by atoms with E-state index in [1.165, 1.54) is 5.69 Å². The maximum Gasteiger partial charge on any atom is 0.247 e. The zero-order chi connectivity index (χ0) is 18.6. The summed E-state index contributed by atoms with van der Waals surface area (Å²) in [6, 6.07) is 9.18. The van der Waals surface area contributed by atoms with Gasteiger partial charge in [-0.3, -0.25) is 4.90 Å². The molecular formula is C18H19N7O2. The Morgan fingerprint density at radius 3 is 2.85 bits per heavy atom. The molecule has 1 aromatic carbocycles. The number of nitrogens with zero attached hydrogens (tertiary/aromatic N) is 7. The molecule has 9 heteroatoms. The Labute approximate surface area is 156 Å². The van der Waals surface area contributed by atoms with Gasteiger partial charge in [-0.25, -0.2) is 4.68 Å². The lowest BCUT2D eigenvalue weighted by molar-refractivity contribution is 0.179. The van der Waals surface area contributed by atoms with Crippen LogP contribution in [-0.4, -0.2) is 50.4 Å². The zero-order valence-electron chi connectivity index (χ0n) is 15.0. The molecule has 0 saturated heterocycles. The molecule has 3 aromatic rings. The van der Waals surface area contributed by atoms with Gasteiger partial charge in [0.2, 0.25) is 11.8 Å². The summed E-state index contributed by atoms with van der Waals surface area (Å²) in [6.07, 6.45) is 0.878. The maximum absolute atomic E-state index is 8.88. The van der Waals surface area contributed by atoms with Crippen molar-refractivity contribution in [3.8, 4) is 17.5 Å². The van der Waals surface area contributed by atoms with E-state index >= 15 is 0 Å². The number of hydrogen-bond acceptors (Lipinski definition) is 8. The lowest BCUT2D eigenvalue weighted by Crippen LogP contribution is -2.31. The predicted molar refractivity (Wildman–Crippen MR) is 94.2 cm³/mol. The van der Waals surface area contributed by atoms with Crippen LogP contribution in [-0.2, 0) is 30.8 Å². The number of nitriles is 1. The number of benzene rings is 1. The third kappa shape index (κ3) is 3.72. The predicted octanol–water partition coefficient (Wildman–Crippen LogP) is 1.40. The first-order chi connectivity index (χ1) is 13.3. The summed E-state index contributed by atoms with van der Waals surface area (Å²) in [5, 5.41) is 25.7. The highest BCUT2D eigenvalue weighted by Gasteiger charge is 2.23. The summed E-state index contributed by atoms with van der Waals surface area (Å²) in [4.78, 5) is 2.22. The summed E-state index contributed by atoms with van der Waals surface area (Å²) < 4.78 is 12.8. The van der Waals surface area contributed by atoms with Crippen molar-refractivity contribution in [3.05, 3.63) is 47.1 Å². The van der Waals surface area contributed by atoms with Crippen molar-refractivity contribution in [2.75, 3.05) is 20.3 Å². The third-order valence-corrected chi connectivity index (χ3v) is 4.55. The fourth-order valence-corrected chi connectivity index (χ4v) is 3.12. The first-order valence-electron chi connectivity index (χ1n) is 8.72. The SMILES string of the molecule is COCCn1nnc2c1CCN(Cc1nnc(-c3ccc(C#N)cc3)o1)C2. The minimum atomic E-state index is 0.456. The number of rotatable bonds is 6. The van der Waals surface area contributed by atoms with E-state index in [0.717, 1.165) is 30.8 Å². The average molecular weight is 365 g/mol. The molecule has 138 valence electrons. The molecule has 0 aliphatic carbocycles. The van der Waals surface area contributed by atoms with E-state index < -0.39 is 0 Å². The van der Waals surface area contributed by atoms with Gasteiger partial charge in [0.15, 0.2) is 0 Å². The largest absolute Gasteiger partial charge is 0.419 e. The maximum atomic E-state index is 8.88. The van der Waals surface area contributed by atoms with Gasteiger partial charge in [-0.05, 0) is 24.3 Å². The van der Waals surface area contributed by atoms with Crippen LogP contribution in [0, 0.1) is 11.3 Å². The van der Waals surface area contributed by atoms with Crippen LogP contribution in [0.4, 0.5) is 0 Å². The van der Waals surface area contributed by atoms with Gasteiger partial charge in [-0.2, -0.15) is 5.26 Å². The summed E-state index contributed by atoms with van der Waals surface area (Å²) in [6.45, 7) is 3.49. The van der Waals surface area contributed by atoms with E-state index in [9.17, 15) is 0 Å². The van der Waals surface area contributed by atoms with Crippen LogP contribution >= 0.6 is 0 Å². The molecule has 1 aliphatic heterocycles. The Morgan fingerprint density at radius 2 is 2.07 bits per heavy atom. The fraction of sp³-hybridized carbons (Fsp3) is 0.389. The van der Waals surface area contributed by atoms with Crippen LogP contribution in [0.1, 0.15) is 22.8 Å². The van der Waals surface area contributed by atoms with Crippen LogP contribution in [0.25, 0.3) is 11.5 Å². The quantitative estimate of drug-likeness (QED) is 0.645. The minimum Gasteiger partial charge on any atom is -0.419 e. The first-order valence-corrected chi connectivity index (χ1v) is 8.72. The van der Waals surface area contributed by atoms with Gasteiger partial charge in [0, 0.05) is 32.2 Å². The van der Waals surface area contributed by atoms with Crippen LogP contribution in [0.5, 0.6) is 0 Å². The zero-order valence-corrected chi connectivity index (χ0v) is 15.0. The van der Waals surface area contributed by atoms with Crippen molar-refractivity contribution in [2.24, 2.45) is 0 Å². The summed E-state index contributed by atoms with van der Waals surface area (Å²) >= 11 is 0. The van der Waals surface area contributed by atoms with E-state index in [2.05, 4.69) is 31.5 Å². The molecular weight excluding hydrogens is 346 g/mol. The smallest absolute Gasteiger partial charge is 0.247 e. The molecule has 0 unspecified atom stereocenters. The molecule has 0 radical (unpaired) electrons. The van der Waals surface area contributed by atoms with Crippen LogP contribution < -0.4 is 0 Å². The number of ether oxygens (including phenoxy) is 1. The van der Waals surface area contributed by atoms with Crippen molar-refractivity contribution in [1.82, 2.24) is 30.1 Å². The molecule has 4 rings (SSSR count). The van der Waals surface area contributed by atoms with Crippen LogP contribution in [0.2, 0.25) is 0 Å². The Hall–Kier alpha value is -3.09. The second-order valence-corrected chi connectivity index (χ2v) is 6.35. The van der Waals surface area contributed by atoms with E-state index in [0.29, 0.717) is 37.0 Å². The third-order valence-electron chi connectivity index (χ3n) is 4.55. The van der Waals surface area contributed by atoms with Crippen LogP contribution in [0.3, 0.4) is 0 Å². The average Bonchev–Trinajstić information content (AvgIpc) is 3.33. The second kappa shape index (κ2) is 7.65. The highest BCUT2D eigenvalue weighted by Crippen LogP contribution is 2.21. The highest BCUT2D eigenvalue weighted by atomic mass is 16.5. The molecule has 0 fully saturated rings. The van der Waals surface area contributed by atoms with Crippen molar-refractivity contribution >= 4 is 0 Å². The van der Waals surface area contributed by atoms with E-state index in [1.807, 2.05) is 4.68 Å². The summed E-state index contributed by atoms with van der Waals surface area (Å²) in [7, 11) is 1.68. The molecule has 0 atom stereocenters. The van der Waals surface area contributed by atoms with Crippen molar-refractivity contribution in [1.29, 1.82) is 5.26 Å². The molecule has 3 heterocycles. The van der Waals surface area contributed by atoms with E-state index in [4.69, 9.17) is 14.4 Å². The van der Waals surface area contributed by atoms with E-state index in [1.54, 1.807) is 31.4 Å². The molecule has 9 nitrogen and oxygen atoms in total. The lowest BCUT2D eigenvalue weighted by atomic mass is 10.1. The second-order valence-electron chi connectivity index (χ2n) is 6.35. The molecule has 27 heavy (non-hydrogen) atoms. The standard InChI is InChI=1S/C18H19N7O2/c1-26-9-8-25-16-6-7-24(11-15(16)20-23-25)12-17-21-22-18(27-17)14-4-2-13(10-19)3-5-14/h2-5H,6-9,11-12H2,1H3. The van der Waals surface area contributed by atoms with Gasteiger partial charge in [0.25, 0.3) is 0 Å². The van der Waals surface area contributed by atoms with Crippen LogP contribution in [0.15, 0.2) is 28.7 Å². The highest BCUT2D eigenvalue weighted by molar-refractivity contribution is 5.54. The van der Waals surface area contributed by atoms with Gasteiger partial charge in [-0.15, -0.1) is 15.3 Å². The van der Waals surface area contributed by atoms with E-state index in [-0.39, 0.29) is 0 Å². The molecule has 2 aromatic heterocycles. The van der Waals surface area contributed by atoms with Gasteiger partial charge < -0.3 is 9.15 Å². The normalized spacial score (nSPS) is 14.1. The molecule has 0 saturated carbocycles. The van der Waals surface area contributed by atoms with Gasteiger partial charge in [0.05, 0.1) is 42.7 Å². The van der Waals surface area contributed by atoms with Crippen molar-refractivity contribution < 1.29 is 9.15 Å². The number of methoxy groups -OCH3 is 1. The molecule has 0 spiro atoms. The molecule has 0 N–H and O–H groups in total. The monoisotopic (exact) mass is 365 g/mol. The lowest BCUT2D eigenvalue weighted by Gasteiger charge is -2.24. The Morgan fingerprint density at radius 1 is 1.22 bits per heavy atom. The number of aromatic nitrogens is 5. The number of hydrogen-bond donors (Lipinski definition) is 0. The Bertz CT molecular complexity index is 955. The minimum absolute atomic E-state index is 0.456. The van der Waals surface area contributed by atoms with Crippen molar-refractivity contribution in [3.63, 3.8) is 0 Å².